The van der Waals surface area contributed by atoms with E-state index in [1.807, 2.05) is 5.38 Å². The number of piperazine rings is 1. The number of hydrogen-bond acceptors (Lipinski definition) is 5. The lowest BCUT2D eigenvalue weighted by molar-refractivity contribution is 0.208. The molecule has 0 aliphatic carbocycles. The second kappa shape index (κ2) is 6.18. The molecule has 22 heavy (non-hydrogen) atoms. The average Bonchev–Trinajstić information content (AvgIpc) is 3.06. The van der Waals surface area contributed by atoms with Crippen molar-refractivity contribution >= 4 is 28.2 Å². The van der Waals surface area contributed by atoms with Gasteiger partial charge in [0.15, 0.2) is 5.13 Å². The van der Waals surface area contributed by atoms with E-state index in [1.54, 1.807) is 47.8 Å². The van der Waals surface area contributed by atoms with E-state index >= 15 is 0 Å². The topological polar surface area (TPSA) is 70.5 Å². The number of nitrogens with zero attached hydrogens (tertiary/aromatic N) is 4. The Morgan fingerprint density at radius 1 is 1.32 bits per heavy atom. The number of carbonyl (C=O) groups excluding carboxylic acids is 1. The highest BCUT2D eigenvalue weighted by Crippen LogP contribution is 2.19. The first-order chi connectivity index (χ1) is 10.6. The Kier molecular flexibility index (Phi) is 4.10. The standard InChI is InChI=1S/C14H17N5O2S/c1-17-5-2-3-11(12(17)20)16-13(21)18-6-8-19(9-7-18)14-15-4-10-22-14/h2-5,10H,6-9H2,1H3,(H,16,21). The third-order valence-corrected chi connectivity index (χ3v) is 4.45. The van der Waals surface area contributed by atoms with Crippen LogP contribution in [0.2, 0.25) is 0 Å². The number of aryl methyl sites for hydroxylation is 1. The van der Waals surface area contributed by atoms with Crippen molar-refractivity contribution in [2.45, 2.75) is 0 Å². The zero-order valence-corrected chi connectivity index (χ0v) is 13.0. The number of amides is 2. The van der Waals surface area contributed by atoms with Gasteiger partial charge in [-0.3, -0.25) is 4.79 Å². The maximum atomic E-state index is 12.3. The van der Waals surface area contributed by atoms with Crippen molar-refractivity contribution in [3.05, 3.63) is 40.3 Å². The highest BCUT2D eigenvalue weighted by Gasteiger charge is 2.22. The normalized spacial score (nSPS) is 15.0. The largest absolute Gasteiger partial charge is 0.345 e. The van der Waals surface area contributed by atoms with Crippen molar-refractivity contribution in [2.75, 3.05) is 36.4 Å². The van der Waals surface area contributed by atoms with Crippen molar-refractivity contribution in [3.8, 4) is 0 Å². The van der Waals surface area contributed by atoms with Crippen LogP contribution in [0.1, 0.15) is 0 Å². The molecule has 0 saturated carbocycles. The monoisotopic (exact) mass is 319 g/mol. The average molecular weight is 319 g/mol. The number of carbonyl (C=O) groups is 1. The molecule has 1 N–H and O–H groups in total. The maximum Gasteiger partial charge on any atom is 0.322 e. The van der Waals surface area contributed by atoms with Crippen LogP contribution in [0.5, 0.6) is 0 Å². The molecule has 0 spiro atoms. The van der Waals surface area contributed by atoms with E-state index in [4.69, 9.17) is 0 Å². The van der Waals surface area contributed by atoms with Crippen LogP contribution in [0.4, 0.5) is 15.6 Å². The van der Waals surface area contributed by atoms with Crippen LogP contribution < -0.4 is 15.8 Å². The predicted octanol–water partition coefficient (Wildman–Crippen LogP) is 1.20. The molecule has 7 nitrogen and oxygen atoms in total. The van der Waals surface area contributed by atoms with E-state index < -0.39 is 0 Å². The van der Waals surface area contributed by atoms with Gasteiger partial charge in [-0.2, -0.15) is 0 Å². The molecule has 2 aromatic heterocycles. The first-order valence-electron chi connectivity index (χ1n) is 7.01. The SMILES string of the molecule is Cn1cccc(NC(=O)N2CCN(c3nccs3)CC2)c1=O. The molecular formula is C14H17N5O2S. The smallest absolute Gasteiger partial charge is 0.322 e. The van der Waals surface area contributed by atoms with Crippen LogP contribution in [0.15, 0.2) is 34.7 Å². The summed E-state index contributed by atoms with van der Waals surface area (Å²) >= 11 is 1.60. The molecule has 3 rings (SSSR count). The Hall–Kier alpha value is -2.35. The van der Waals surface area contributed by atoms with Crippen molar-refractivity contribution in [1.29, 1.82) is 0 Å². The molecule has 116 valence electrons. The fourth-order valence-corrected chi connectivity index (χ4v) is 3.06. The number of hydrogen-bond donors (Lipinski definition) is 1. The summed E-state index contributed by atoms with van der Waals surface area (Å²) in [6.45, 7) is 2.71. The molecular weight excluding hydrogens is 302 g/mol. The summed E-state index contributed by atoms with van der Waals surface area (Å²) in [5, 5.41) is 5.62. The van der Waals surface area contributed by atoms with E-state index in [2.05, 4.69) is 15.2 Å². The van der Waals surface area contributed by atoms with E-state index in [0.29, 0.717) is 18.8 Å². The molecule has 2 amide bonds. The van der Waals surface area contributed by atoms with Crippen molar-refractivity contribution in [3.63, 3.8) is 0 Å². The van der Waals surface area contributed by atoms with Gasteiger partial charge < -0.3 is 19.7 Å². The molecule has 1 aliphatic heterocycles. The van der Waals surface area contributed by atoms with Crippen LogP contribution in [-0.4, -0.2) is 46.7 Å². The summed E-state index contributed by atoms with van der Waals surface area (Å²) in [4.78, 5) is 32.3. The third-order valence-electron chi connectivity index (χ3n) is 3.62. The number of aromatic nitrogens is 2. The lowest BCUT2D eigenvalue weighted by Gasteiger charge is -2.34. The number of anilines is 2. The molecule has 1 aliphatic rings. The summed E-state index contributed by atoms with van der Waals surface area (Å²) in [5.41, 5.74) is 0.0922. The van der Waals surface area contributed by atoms with Gasteiger partial charge in [-0.15, -0.1) is 11.3 Å². The van der Waals surface area contributed by atoms with E-state index in [9.17, 15) is 9.59 Å². The van der Waals surface area contributed by atoms with Crippen LogP contribution in [-0.2, 0) is 7.05 Å². The molecule has 0 atom stereocenters. The highest BCUT2D eigenvalue weighted by atomic mass is 32.1. The molecule has 2 aromatic rings. The Labute approximate surface area is 131 Å². The molecule has 8 heteroatoms. The summed E-state index contributed by atoms with van der Waals surface area (Å²) in [6.07, 6.45) is 3.44. The van der Waals surface area contributed by atoms with Crippen LogP contribution in [0.25, 0.3) is 0 Å². The van der Waals surface area contributed by atoms with Crippen LogP contribution in [0, 0.1) is 0 Å². The van der Waals surface area contributed by atoms with Crippen molar-refractivity contribution in [2.24, 2.45) is 7.05 Å². The third kappa shape index (κ3) is 2.96. The zero-order valence-electron chi connectivity index (χ0n) is 12.2. The van der Waals surface area contributed by atoms with Gasteiger partial charge >= 0.3 is 6.03 Å². The molecule has 0 bridgehead atoms. The van der Waals surface area contributed by atoms with Crippen LogP contribution in [0.3, 0.4) is 0 Å². The van der Waals surface area contributed by atoms with Gasteiger partial charge in [-0.25, -0.2) is 9.78 Å². The van der Waals surface area contributed by atoms with Gasteiger partial charge in [0.25, 0.3) is 5.56 Å². The van der Waals surface area contributed by atoms with Gasteiger partial charge in [0.05, 0.1) is 0 Å². The minimum Gasteiger partial charge on any atom is -0.345 e. The Balaban J connectivity index is 1.60. The number of pyridine rings is 1. The minimum atomic E-state index is -0.234. The summed E-state index contributed by atoms with van der Waals surface area (Å²) < 4.78 is 1.44. The molecule has 0 radical (unpaired) electrons. The molecule has 3 heterocycles. The molecule has 1 fully saturated rings. The molecule has 0 aromatic carbocycles. The maximum absolute atomic E-state index is 12.3. The van der Waals surface area contributed by atoms with Gasteiger partial charge in [-0.05, 0) is 12.1 Å². The summed E-state index contributed by atoms with van der Waals surface area (Å²) in [7, 11) is 1.66. The van der Waals surface area contributed by atoms with Gasteiger partial charge in [0.1, 0.15) is 5.69 Å². The number of rotatable bonds is 2. The minimum absolute atomic E-state index is 0.211. The zero-order chi connectivity index (χ0) is 15.5. The van der Waals surface area contributed by atoms with Gasteiger partial charge in [-0.1, -0.05) is 0 Å². The van der Waals surface area contributed by atoms with E-state index in [-0.39, 0.29) is 11.6 Å². The number of nitrogens with one attached hydrogen (secondary N) is 1. The Morgan fingerprint density at radius 2 is 2.09 bits per heavy atom. The lowest BCUT2D eigenvalue weighted by atomic mass is 10.3. The summed E-state index contributed by atoms with van der Waals surface area (Å²) in [5.74, 6) is 0. The van der Waals surface area contributed by atoms with E-state index in [1.165, 1.54) is 4.57 Å². The number of thiazole rings is 1. The quantitative estimate of drug-likeness (QED) is 0.903. The second-order valence-electron chi connectivity index (χ2n) is 5.06. The first-order valence-corrected chi connectivity index (χ1v) is 7.89. The summed E-state index contributed by atoms with van der Waals surface area (Å²) in [6, 6.07) is 3.12. The Morgan fingerprint density at radius 3 is 2.77 bits per heavy atom. The molecule has 1 saturated heterocycles. The van der Waals surface area contributed by atoms with Crippen molar-refractivity contribution < 1.29 is 4.79 Å². The first kappa shape index (κ1) is 14.6. The fraction of sp³-hybridized carbons (Fsp3) is 0.357. The molecule has 0 unspecified atom stereocenters. The van der Waals surface area contributed by atoms with E-state index in [0.717, 1.165) is 18.2 Å². The van der Waals surface area contributed by atoms with Gasteiger partial charge in [0.2, 0.25) is 0 Å². The highest BCUT2D eigenvalue weighted by molar-refractivity contribution is 7.13. The van der Waals surface area contributed by atoms with Gasteiger partial charge in [0, 0.05) is 51.0 Å². The van der Waals surface area contributed by atoms with Crippen molar-refractivity contribution in [1.82, 2.24) is 14.5 Å². The predicted molar refractivity (Wildman–Crippen MR) is 86.6 cm³/mol. The lowest BCUT2D eigenvalue weighted by Crippen LogP contribution is -2.50. The second-order valence-corrected chi connectivity index (χ2v) is 5.93. The number of urea groups is 1. The Bertz CT molecular complexity index is 704. The fourth-order valence-electron chi connectivity index (χ4n) is 2.36. The van der Waals surface area contributed by atoms with Crippen LogP contribution >= 0.6 is 11.3 Å².